The second-order valence-corrected chi connectivity index (χ2v) is 9.13. The van der Waals surface area contributed by atoms with Crippen LogP contribution in [-0.4, -0.2) is 32.1 Å². The van der Waals surface area contributed by atoms with Crippen LogP contribution in [-0.2, 0) is 14.8 Å². The number of carbonyl (C=O) groups excluding carboxylic acids is 1. The summed E-state index contributed by atoms with van der Waals surface area (Å²) in [6, 6.07) is 14.8. The van der Waals surface area contributed by atoms with Gasteiger partial charge in [0.1, 0.15) is 6.54 Å². The molecule has 1 N–H and O–H groups in total. The lowest BCUT2D eigenvalue weighted by Gasteiger charge is -2.25. The molecule has 1 heterocycles. The average molecular weight is 457 g/mol. The van der Waals surface area contributed by atoms with Crippen LogP contribution in [0.3, 0.4) is 0 Å². The van der Waals surface area contributed by atoms with Gasteiger partial charge in [-0.15, -0.1) is 0 Å². The molecule has 9 heteroatoms. The van der Waals surface area contributed by atoms with E-state index in [9.17, 15) is 13.2 Å². The summed E-state index contributed by atoms with van der Waals surface area (Å²) in [5, 5.41) is 4.24. The maximum atomic E-state index is 13.4. The second-order valence-electron chi connectivity index (χ2n) is 6.84. The third-order valence-corrected chi connectivity index (χ3v) is 6.43. The summed E-state index contributed by atoms with van der Waals surface area (Å²) in [4.78, 5) is 16.6. The van der Waals surface area contributed by atoms with Gasteiger partial charge in [0.25, 0.3) is 15.9 Å². The van der Waals surface area contributed by atoms with Crippen molar-refractivity contribution in [1.29, 1.82) is 0 Å². The Morgan fingerprint density at radius 2 is 1.90 bits per heavy atom. The SMILES string of the molecule is Cc1ccc(S(=O)(=O)N(CC(=O)N/N=C\c2cccnc2)c2cc(Cl)ccc2C)cc1. The number of hydrogen-bond acceptors (Lipinski definition) is 5. The topological polar surface area (TPSA) is 91.7 Å². The van der Waals surface area contributed by atoms with E-state index in [2.05, 4.69) is 15.5 Å². The summed E-state index contributed by atoms with van der Waals surface area (Å²) < 4.78 is 27.8. The van der Waals surface area contributed by atoms with E-state index in [1.807, 2.05) is 6.92 Å². The van der Waals surface area contributed by atoms with Gasteiger partial charge in [-0.25, -0.2) is 13.8 Å². The third kappa shape index (κ3) is 5.68. The molecule has 0 fully saturated rings. The highest BCUT2D eigenvalue weighted by molar-refractivity contribution is 7.92. The van der Waals surface area contributed by atoms with Crippen LogP contribution in [0.15, 0.2) is 77.0 Å². The number of amides is 1. The van der Waals surface area contributed by atoms with Crippen molar-refractivity contribution in [3.63, 3.8) is 0 Å². The molecule has 160 valence electrons. The molecule has 3 aromatic rings. The summed E-state index contributed by atoms with van der Waals surface area (Å²) in [5.41, 5.74) is 4.96. The molecule has 0 aliphatic carbocycles. The highest BCUT2D eigenvalue weighted by Gasteiger charge is 2.28. The fourth-order valence-corrected chi connectivity index (χ4v) is 4.43. The fraction of sp³-hybridized carbons (Fsp3) is 0.136. The largest absolute Gasteiger partial charge is 0.271 e. The standard InChI is InChI=1S/C22H21ClN4O3S/c1-16-5-9-20(10-6-16)31(29,30)27(21-12-19(23)8-7-17(21)2)15-22(28)26-25-14-18-4-3-11-24-13-18/h3-14H,15H2,1-2H3,(H,26,28)/b25-14-. The zero-order valence-electron chi connectivity index (χ0n) is 17.0. The van der Waals surface area contributed by atoms with Gasteiger partial charge in [0.05, 0.1) is 16.8 Å². The summed E-state index contributed by atoms with van der Waals surface area (Å²) in [6.45, 7) is 3.15. The molecule has 0 saturated heterocycles. The van der Waals surface area contributed by atoms with Crippen molar-refractivity contribution in [1.82, 2.24) is 10.4 Å². The van der Waals surface area contributed by atoms with Crippen LogP contribution >= 0.6 is 11.6 Å². The van der Waals surface area contributed by atoms with Crippen molar-refractivity contribution in [2.45, 2.75) is 18.7 Å². The predicted octanol–water partition coefficient (Wildman–Crippen LogP) is 3.70. The predicted molar refractivity (Wildman–Crippen MR) is 122 cm³/mol. The number of rotatable bonds is 7. The Labute approximate surface area is 186 Å². The molecule has 0 saturated carbocycles. The second kappa shape index (κ2) is 9.72. The molecule has 0 bridgehead atoms. The molecule has 0 spiro atoms. The number of carbonyl (C=O) groups is 1. The Balaban J connectivity index is 1.90. The van der Waals surface area contributed by atoms with Gasteiger partial charge in [0.2, 0.25) is 0 Å². The maximum absolute atomic E-state index is 13.4. The van der Waals surface area contributed by atoms with Crippen molar-refractivity contribution in [3.8, 4) is 0 Å². The first-order valence-electron chi connectivity index (χ1n) is 9.35. The first-order chi connectivity index (χ1) is 14.8. The number of nitrogens with zero attached hydrogens (tertiary/aromatic N) is 3. The van der Waals surface area contributed by atoms with Crippen molar-refractivity contribution < 1.29 is 13.2 Å². The summed E-state index contributed by atoms with van der Waals surface area (Å²) in [5.74, 6) is -0.602. The number of sulfonamides is 1. The molecule has 1 aromatic heterocycles. The highest BCUT2D eigenvalue weighted by Crippen LogP contribution is 2.29. The Morgan fingerprint density at radius 3 is 2.58 bits per heavy atom. The first kappa shape index (κ1) is 22.5. The average Bonchev–Trinajstić information content (AvgIpc) is 2.75. The molecule has 3 rings (SSSR count). The molecule has 1 amide bonds. The number of aryl methyl sites for hydroxylation is 2. The van der Waals surface area contributed by atoms with Crippen molar-refractivity contribution in [2.75, 3.05) is 10.8 Å². The van der Waals surface area contributed by atoms with Crippen molar-refractivity contribution >= 4 is 39.4 Å². The van der Waals surface area contributed by atoms with Crippen LogP contribution in [0.1, 0.15) is 16.7 Å². The van der Waals surface area contributed by atoms with Gasteiger partial charge in [-0.1, -0.05) is 41.4 Å². The van der Waals surface area contributed by atoms with Gasteiger partial charge in [-0.2, -0.15) is 5.10 Å². The number of benzene rings is 2. The molecule has 0 radical (unpaired) electrons. The monoisotopic (exact) mass is 456 g/mol. The van der Waals surface area contributed by atoms with Crippen LogP contribution < -0.4 is 9.73 Å². The smallest absolute Gasteiger partial charge is 0.264 e. The van der Waals surface area contributed by atoms with E-state index in [-0.39, 0.29) is 4.90 Å². The fourth-order valence-electron chi connectivity index (χ4n) is 2.79. The van der Waals surface area contributed by atoms with Gasteiger partial charge < -0.3 is 0 Å². The Bertz CT molecular complexity index is 1200. The minimum atomic E-state index is -4.03. The Hall–Kier alpha value is -3.23. The van der Waals surface area contributed by atoms with E-state index in [1.54, 1.807) is 55.7 Å². The number of pyridine rings is 1. The van der Waals surface area contributed by atoms with Gasteiger partial charge >= 0.3 is 0 Å². The van der Waals surface area contributed by atoms with E-state index in [4.69, 9.17) is 11.6 Å². The number of halogens is 1. The Morgan fingerprint density at radius 1 is 1.16 bits per heavy atom. The zero-order chi connectivity index (χ0) is 22.4. The Kier molecular flexibility index (Phi) is 7.04. The number of nitrogens with one attached hydrogen (secondary N) is 1. The van der Waals surface area contributed by atoms with Crippen LogP contribution in [0.25, 0.3) is 0 Å². The summed E-state index contributed by atoms with van der Waals surface area (Å²) in [6.07, 6.45) is 4.63. The van der Waals surface area contributed by atoms with Crippen molar-refractivity contribution in [2.24, 2.45) is 5.10 Å². The van der Waals surface area contributed by atoms with E-state index in [0.29, 0.717) is 21.8 Å². The first-order valence-corrected chi connectivity index (χ1v) is 11.2. The third-order valence-electron chi connectivity index (χ3n) is 4.42. The molecular formula is C22H21ClN4O3S. The lowest BCUT2D eigenvalue weighted by atomic mass is 10.2. The molecule has 31 heavy (non-hydrogen) atoms. The van der Waals surface area contributed by atoms with Crippen LogP contribution in [0.4, 0.5) is 5.69 Å². The van der Waals surface area contributed by atoms with Crippen LogP contribution in [0.2, 0.25) is 5.02 Å². The number of hydrazone groups is 1. The molecule has 0 aliphatic rings. The number of aromatic nitrogens is 1. The maximum Gasteiger partial charge on any atom is 0.264 e. The van der Waals surface area contributed by atoms with Crippen LogP contribution in [0.5, 0.6) is 0 Å². The van der Waals surface area contributed by atoms with Gasteiger partial charge in [-0.05, 0) is 49.7 Å². The molecule has 0 atom stereocenters. The van der Waals surface area contributed by atoms with E-state index < -0.39 is 22.5 Å². The molecule has 0 unspecified atom stereocenters. The molecule has 0 aliphatic heterocycles. The van der Waals surface area contributed by atoms with E-state index in [1.165, 1.54) is 24.4 Å². The van der Waals surface area contributed by atoms with Crippen molar-refractivity contribution in [3.05, 3.63) is 88.7 Å². The van der Waals surface area contributed by atoms with Gasteiger partial charge in [-0.3, -0.25) is 14.1 Å². The quantitative estimate of drug-likeness (QED) is 0.433. The molecular weight excluding hydrogens is 436 g/mol. The lowest BCUT2D eigenvalue weighted by molar-refractivity contribution is -0.119. The highest BCUT2D eigenvalue weighted by atomic mass is 35.5. The number of anilines is 1. The summed E-state index contributed by atoms with van der Waals surface area (Å²) in [7, 11) is -4.03. The number of hydrogen-bond donors (Lipinski definition) is 1. The van der Waals surface area contributed by atoms with Gasteiger partial charge in [0, 0.05) is 23.0 Å². The molecule has 7 nitrogen and oxygen atoms in total. The zero-order valence-corrected chi connectivity index (χ0v) is 18.6. The van der Waals surface area contributed by atoms with E-state index in [0.717, 1.165) is 9.87 Å². The lowest BCUT2D eigenvalue weighted by Crippen LogP contribution is -2.40. The van der Waals surface area contributed by atoms with Crippen LogP contribution in [0, 0.1) is 13.8 Å². The summed E-state index contributed by atoms with van der Waals surface area (Å²) >= 11 is 6.11. The minimum Gasteiger partial charge on any atom is -0.271 e. The molecule has 2 aromatic carbocycles. The minimum absolute atomic E-state index is 0.0733. The van der Waals surface area contributed by atoms with E-state index >= 15 is 0 Å². The van der Waals surface area contributed by atoms with Gasteiger partial charge in [0.15, 0.2) is 0 Å². The normalized spacial score (nSPS) is 11.5.